The molecule has 0 aliphatic carbocycles. The lowest BCUT2D eigenvalue weighted by molar-refractivity contribution is 0.243. The van der Waals surface area contributed by atoms with E-state index in [0.29, 0.717) is 10.9 Å². The van der Waals surface area contributed by atoms with Gasteiger partial charge >= 0.3 is 0 Å². The normalized spacial score (nSPS) is 11.2. The quantitative estimate of drug-likeness (QED) is 0.778. The maximum Gasteiger partial charge on any atom is 0.0740 e. The molecule has 2 N–H and O–H groups in total. The Kier molecular flexibility index (Phi) is 6.61. The van der Waals surface area contributed by atoms with Gasteiger partial charge in [0.2, 0.25) is 0 Å². The molecule has 0 unspecified atom stereocenters. The first kappa shape index (κ1) is 15.4. The van der Waals surface area contributed by atoms with Crippen molar-refractivity contribution in [3.63, 3.8) is 0 Å². The Hall–Kier alpha value is -0.640. The van der Waals surface area contributed by atoms with E-state index in [1.54, 1.807) is 0 Å². The van der Waals surface area contributed by atoms with E-state index in [-0.39, 0.29) is 0 Å². The average Bonchev–Trinajstić information content (AvgIpc) is 2.25. The highest BCUT2D eigenvalue weighted by molar-refractivity contribution is 7.80. The number of hydrogen-bond acceptors (Lipinski definition) is 2. The maximum absolute atomic E-state index is 6.00. The van der Waals surface area contributed by atoms with Crippen LogP contribution in [-0.4, -0.2) is 23.0 Å². The minimum atomic E-state index is 0.579. The van der Waals surface area contributed by atoms with E-state index in [0.717, 1.165) is 31.1 Å². The van der Waals surface area contributed by atoms with Crippen LogP contribution in [0.3, 0.4) is 0 Å². The molecule has 0 aromatic heterocycles. The maximum atomic E-state index is 6.00. The summed E-state index contributed by atoms with van der Waals surface area (Å²) >= 11 is 10.9. The summed E-state index contributed by atoms with van der Waals surface area (Å²) in [6.45, 7) is 7.26. The first-order valence-electron chi connectivity index (χ1n) is 6.22. The number of nitrogens with two attached hydrogens (primary N) is 1. The molecule has 1 rings (SSSR count). The lowest BCUT2D eigenvalue weighted by Crippen LogP contribution is -2.30. The summed E-state index contributed by atoms with van der Waals surface area (Å²) in [5.74, 6) is 0.621. The Morgan fingerprint density at radius 1 is 1.44 bits per heavy atom. The molecule has 18 heavy (non-hydrogen) atoms. The van der Waals surface area contributed by atoms with Gasteiger partial charge in [-0.1, -0.05) is 49.8 Å². The Labute approximate surface area is 120 Å². The van der Waals surface area contributed by atoms with Crippen LogP contribution >= 0.6 is 23.8 Å². The van der Waals surface area contributed by atoms with Gasteiger partial charge in [-0.2, -0.15) is 0 Å². The standard InChI is InChI=1S/C14H21ClN2S/c1-11(2)9-17(7-6-14(16)18)10-12-4-3-5-13(15)8-12/h3-5,8,11H,6-7,9-10H2,1-2H3,(H2,16,18). The summed E-state index contributed by atoms with van der Waals surface area (Å²) in [6, 6.07) is 7.99. The first-order valence-corrected chi connectivity index (χ1v) is 7.01. The highest BCUT2D eigenvalue weighted by Crippen LogP contribution is 2.13. The molecule has 0 amide bonds. The zero-order chi connectivity index (χ0) is 13.5. The number of thiocarbonyl (C=S) groups is 1. The van der Waals surface area contributed by atoms with Gasteiger partial charge in [-0.15, -0.1) is 0 Å². The summed E-state index contributed by atoms with van der Waals surface area (Å²) in [5.41, 5.74) is 6.80. The van der Waals surface area contributed by atoms with Crippen LogP contribution in [0.15, 0.2) is 24.3 Å². The van der Waals surface area contributed by atoms with Gasteiger partial charge in [0.05, 0.1) is 4.99 Å². The first-order chi connectivity index (χ1) is 8.47. The van der Waals surface area contributed by atoms with Crippen molar-refractivity contribution in [1.82, 2.24) is 4.90 Å². The van der Waals surface area contributed by atoms with Crippen LogP contribution in [0.4, 0.5) is 0 Å². The lowest BCUT2D eigenvalue weighted by Gasteiger charge is -2.24. The van der Waals surface area contributed by atoms with Crippen LogP contribution in [0.1, 0.15) is 25.8 Å². The van der Waals surface area contributed by atoms with Gasteiger partial charge < -0.3 is 5.73 Å². The summed E-state index contributed by atoms with van der Waals surface area (Å²) in [6.07, 6.45) is 0.766. The topological polar surface area (TPSA) is 29.3 Å². The number of halogens is 1. The van der Waals surface area contributed by atoms with Crippen LogP contribution in [0.5, 0.6) is 0 Å². The Morgan fingerprint density at radius 3 is 2.72 bits per heavy atom. The second-order valence-electron chi connectivity index (χ2n) is 4.98. The van der Waals surface area contributed by atoms with Crippen molar-refractivity contribution >= 4 is 28.8 Å². The van der Waals surface area contributed by atoms with Gasteiger partial charge in [-0.25, -0.2) is 0 Å². The molecule has 0 fully saturated rings. The van der Waals surface area contributed by atoms with E-state index in [1.807, 2.05) is 18.2 Å². The van der Waals surface area contributed by atoms with Gasteiger partial charge in [-0.3, -0.25) is 4.90 Å². The molecule has 1 aromatic rings. The molecule has 2 nitrogen and oxygen atoms in total. The summed E-state index contributed by atoms with van der Waals surface area (Å²) in [4.78, 5) is 2.95. The molecule has 4 heteroatoms. The summed E-state index contributed by atoms with van der Waals surface area (Å²) in [7, 11) is 0. The van der Waals surface area contributed by atoms with Crippen LogP contribution in [0, 0.1) is 5.92 Å². The lowest BCUT2D eigenvalue weighted by atomic mass is 10.1. The molecule has 0 spiro atoms. The van der Waals surface area contributed by atoms with Crippen LogP contribution in [0.2, 0.25) is 5.02 Å². The molecule has 0 saturated heterocycles. The molecule has 0 radical (unpaired) electrons. The van der Waals surface area contributed by atoms with Crippen LogP contribution in [0.25, 0.3) is 0 Å². The van der Waals surface area contributed by atoms with Crippen molar-refractivity contribution < 1.29 is 0 Å². The molecule has 0 aliphatic heterocycles. The van der Waals surface area contributed by atoms with Crippen molar-refractivity contribution in [3.05, 3.63) is 34.9 Å². The van der Waals surface area contributed by atoms with Gasteiger partial charge in [0.25, 0.3) is 0 Å². The van der Waals surface area contributed by atoms with E-state index in [1.165, 1.54) is 5.56 Å². The van der Waals surface area contributed by atoms with E-state index in [4.69, 9.17) is 29.6 Å². The Morgan fingerprint density at radius 2 is 2.17 bits per heavy atom. The SMILES string of the molecule is CC(C)CN(CCC(N)=S)Cc1cccc(Cl)c1. The van der Waals surface area contributed by atoms with Crippen LogP contribution in [-0.2, 0) is 6.54 Å². The molecular formula is C14H21ClN2S. The molecule has 0 saturated carbocycles. The highest BCUT2D eigenvalue weighted by atomic mass is 35.5. The fourth-order valence-electron chi connectivity index (χ4n) is 1.91. The second-order valence-corrected chi connectivity index (χ2v) is 5.94. The number of hydrogen-bond donors (Lipinski definition) is 1. The third-order valence-electron chi connectivity index (χ3n) is 2.59. The van der Waals surface area contributed by atoms with Gasteiger partial charge in [0.1, 0.15) is 0 Å². The third kappa shape index (κ3) is 6.34. The average molecular weight is 285 g/mol. The smallest absolute Gasteiger partial charge is 0.0740 e. The van der Waals surface area contributed by atoms with Gasteiger partial charge in [0.15, 0.2) is 0 Å². The summed E-state index contributed by atoms with van der Waals surface area (Å²) in [5, 5.41) is 0.784. The number of benzene rings is 1. The molecule has 0 heterocycles. The van der Waals surface area contributed by atoms with Gasteiger partial charge in [-0.05, 0) is 23.6 Å². The monoisotopic (exact) mass is 284 g/mol. The fraction of sp³-hybridized carbons (Fsp3) is 0.500. The predicted molar refractivity (Wildman–Crippen MR) is 83.0 cm³/mol. The van der Waals surface area contributed by atoms with E-state index in [2.05, 4.69) is 24.8 Å². The highest BCUT2D eigenvalue weighted by Gasteiger charge is 2.09. The van der Waals surface area contributed by atoms with Gasteiger partial charge in [0, 0.05) is 31.1 Å². The zero-order valence-corrected chi connectivity index (χ0v) is 12.6. The minimum absolute atomic E-state index is 0.579. The van der Waals surface area contributed by atoms with Crippen LogP contribution < -0.4 is 5.73 Å². The number of rotatable bonds is 7. The molecule has 0 bridgehead atoms. The van der Waals surface area contributed by atoms with E-state index < -0.39 is 0 Å². The van der Waals surface area contributed by atoms with Crippen molar-refractivity contribution in [2.75, 3.05) is 13.1 Å². The Bertz CT molecular complexity index is 393. The molecule has 1 aromatic carbocycles. The number of nitrogens with zero attached hydrogens (tertiary/aromatic N) is 1. The molecule has 0 aliphatic rings. The predicted octanol–water partition coefficient (Wildman–Crippen LogP) is 3.47. The van der Waals surface area contributed by atoms with E-state index in [9.17, 15) is 0 Å². The second kappa shape index (κ2) is 7.72. The third-order valence-corrected chi connectivity index (χ3v) is 3.03. The Balaban J connectivity index is 2.62. The van der Waals surface area contributed by atoms with E-state index >= 15 is 0 Å². The fourth-order valence-corrected chi connectivity index (χ4v) is 2.22. The minimum Gasteiger partial charge on any atom is -0.393 e. The van der Waals surface area contributed by atoms with Crippen molar-refractivity contribution in [2.24, 2.45) is 11.7 Å². The van der Waals surface area contributed by atoms with Crippen molar-refractivity contribution in [1.29, 1.82) is 0 Å². The van der Waals surface area contributed by atoms with Crippen molar-refractivity contribution in [2.45, 2.75) is 26.8 Å². The zero-order valence-electron chi connectivity index (χ0n) is 11.0. The summed E-state index contributed by atoms with van der Waals surface area (Å²) < 4.78 is 0. The van der Waals surface area contributed by atoms with Crippen molar-refractivity contribution in [3.8, 4) is 0 Å². The molecule has 100 valence electrons. The molecular weight excluding hydrogens is 264 g/mol. The molecule has 0 atom stereocenters. The largest absolute Gasteiger partial charge is 0.393 e.